The normalized spacial score (nSPS) is 20.3. The summed E-state index contributed by atoms with van der Waals surface area (Å²) in [5.74, 6) is -0.709. The van der Waals surface area contributed by atoms with E-state index < -0.39 is 11.4 Å². The van der Waals surface area contributed by atoms with Crippen molar-refractivity contribution < 1.29 is 9.90 Å². The van der Waals surface area contributed by atoms with Gasteiger partial charge in [0.25, 0.3) is 0 Å². The minimum atomic E-state index is -0.709. The van der Waals surface area contributed by atoms with Crippen molar-refractivity contribution in [2.75, 3.05) is 32.7 Å². The number of hydrogen-bond donors (Lipinski definition) is 1. The highest BCUT2D eigenvalue weighted by Crippen LogP contribution is 2.18. The van der Waals surface area contributed by atoms with Crippen molar-refractivity contribution in [1.29, 1.82) is 0 Å². The predicted octanol–water partition coefficient (Wildman–Crippen LogP) is 1.12. The van der Waals surface area contributed by atoms with Gasteiger partial charge in [0.2, 0.25) is 0 Å². The Morgan fingerprint density at radius 3 is 2.12 bits per heavy atom. The third-order valence-electron chi connectivity index (χ3n) is 3.34. The first-order chi connectivity index (χ1) is 7.33. The molecule has 0 aromatic heterocycles. The Morgan fingerprint density at radius 1 is 1.25 bits per heavy atom. The summed E-state index contributed by atoms with van der Waals surface area (Å²) < 4.78 is 0. The van der Waals surface area contributed by atoms with E-state index in [-0.39, 0.29) is 0 Å². The fraction of sp³-hybridized carbons (Fsp3) is 0.917. The number of carboxylic acid groups (broad SMARTS) is 1. The van der Waals surface area contributed by atoms with E-state index in [9.17, 15) is 4.79 Å². The molecule has 0 saturated carbocycles. The van der Waals surface area contributed by atoms with Crippen LogP contribution in [0.4, 0.5) is 0 Å². The van der Waals surface area contributed by atoms with Crippen molar-refractivity contribution in [3.63, 3.8) is 0 Å². The molecule has 1 aliphatic rings. The van der Waals surface area contributed by atoms with E-state index in [1.165, 1.54) is 0 Å². The summed E-state index contributed by atoms with van der Waals surface area (Å²) in [4.78, 5) is 15.7. The molecule has 1 fully saturated rings. The Hall–Kier alpha value is -0.610. The van der Waals surface area contributed by atoms with Crippen LogP contribution in [0.2, 0.25) is 0 Å². The molecule has 0 aromatic carbocycles. The molecule has 1 N–H and O–H groups in total. The first kappa shape index (κ1) is 13.5. The molecule has 1 aliphatic heterocycles. The van der Waals surface area contributed by atoms with Crippen LogP contribution in [-0.4, -0.2) is 59.6 Å². The Balaban J connectivity index is 2.40. The average molecular weight is 228 g/mol. The van der Waals surface area contributed by atoms with E-state index in [1.54, 1.807) is 13.8 Å². The molecule has 0 spiro atoms. The molecular formula is C12H24N2O2. The summed E-state index contributed by atoms with van der Waals surface area (Å²) in [6, 6.07) is 0.592. The smallest absolute Gasteiger partial charge is 0.310 e. The van der Waals surface area contributed by atoms with E-state index in [2.05, 4.69) is 23.6 Å². The summed E-state index contributed by atoms with van der Waals surface area (Å²) in [5, 5.41) is 9.08. The molecule has 0 unspecified atom stereocenters. The lowest BCUT2D eigenvalue weighted by Crippen LogP contribution is -2.51. The fourth-order valence-electron chi connectivity index (χ4n) is 2.06. The molecule has 0 aromatic rings. The number of aliphatic carboxylic acids is 1. The van der Waals surface area contributed by atoms with Gasteiger partial charge in [-0.05, 0) is 27.7 Å². The lowest BCUT2D eigenvalue weighted by atomic mass is 9.93. The van der Waals surface area contributed by atoms with Gasteiger partial charge in [-0.2, -0.15) is 0 Å². The van der Waals surface area contributed by atoms with Crippen molar-refractivity contribution in [2.24, 2.45) is 5.41 Å². The van der Waals surface area contributed by atoms with Crippen LogP contribution in [0.1, 0.15) is 27.7 Å². The second-order valence-electron chi connectivity index (χ2n) is 5.59. The van der Waals surface area contributed by atoms with Gasteiger partial charge in [-0.3, -0.25) is 14.6 Å². The Morgan fingerprint density at radius 2 is 1.75 bits per heavy atom. The summed E-state index contributed by atoms with van der Waals surface area (Å²) in [6.07, 6.45) is 0. The van der Waals surface area contributed by atoms with Crippen LogP contribution < -0.4 is 0 Å². The van der Waals surface area contributed by atoms with Crippen LogP contribution >= 0.6 is 0 Å². The third kappa shape index (κ3) is 3.46. The zero-order valence-corrected chi connectivity index (χ0v) is 10.9. The van der Waals surface area contributed by atoms with Crippen molar-refractivity contribution in [1.82, 2.24) is 9.80 Å². The van der Waals surface area contributed by atoms with Crippen LogP contribution in [0.5, 0.6) is 0 Å². The molecule has 0 aliphatic carbocycles. The molecule has 0 radical (unpaired) electrons. The predicted molar refractivity (Wildman–Crippen MR) is 64.6 cm³/mol. The van der Waals surface area contributed by atoms with E-state index in [0.29, 0.717) is 12.6 Å². The lowest BCUT2D eigenvalue weighted by molar-refractivity contribution is -0.148. The summed E-state index contributed by atoms with van der Waals surface area (Å²) in [6.45, 7) is 12.7. The van der Waals surface area contributed by atoms with Gasteiger partial charge in [-0.25, -0.2) is 0 Å². The fourth-order valence-corrected chi connectivity index (χ4v) is 2.06. The molecular weight excluding hydrogens is 204 g/mol. The zero-order valence-electron chi connectivity index (χ0n) is 10.9. The first-order valence-corrected chi connectivity index (χ1v) is 6.03. The van der Waals surface area contributed by atoms with Crippen molar-refractivity contribution in [3.8, 4) is 0 Å². The van der Waals surface area contributed by atoms with Gasteiger partial charge in [-0.15, -0.1) is 0 Å². The van der Waals surface area contributed by atoms with Gasteiger partial charge >= 0.3 is 5.97 Å². The quantitative estimate of drug-likeness (QED) is 0.783. The van der Waals surface area contributed by atoms with Crippen molar-refractivity contribution >= 4 is 5.97 Å². The van der Waals surface area contributed by atoms with E-state index in [1.807, 2.05) is 0 Å². The molecule has 4 heteroatoms. The summed E-state index contributed by atoms with van der Waals surface area (Å²) in [7, 11) is 0. The van der Waals surface area contributed by atoms with E-state index >= 15 is 0 Å². The molecule has 1 heterocycles. The number of nitrogens with zero attached hydrogens (tertiary/aromatic N) is 2. The highest BCUT2D eigenvalue weighted by atomic mass is 16.4. The van der Waals surface area contributed by atoms with Gasteiger partial charge in [0.1, 0.15) is 0 Å². The lowest BCUT2D eigenvalue weighted by Gasteiger charge is -2.39. The Labute approximate surface area is 98.2 Å². The first-order valence-electron chi connectivity index (χ1n) is 6.03. The topological polar surface area (TPSA) is 43.8 Å². The van der Waals surface area contributed by atoms with Crippen LogP contribution in [-0.2, 0) is 4.79 Å². The van der Waals surface area contributed by atoms with Gasteiger partial charge in [0.05, 0.1) is 5.41 Å². The van der Waals surface area contributed by atoms with Crippen LogP contribution in [0.15, 0.2) is 0 Å². The maximum absolute atomic E-state index is 11.0. The van der Waals surface area contributed by atoms with Crippen molar-refractivity contribution in [2.45, 2.75) is 33.7 Å². The molecule has 16 heavy (non-hydrogen) atoms. The van der Waals surface area contributed by atoms with Crippen LogP contribution in [0.25, 0.3) is 0 Å². The second kappa shape index (κ2) is 5.15. The minimum absolute atomic E-state index is 0.592. The van der Waals surface area contributed by atoms with Gasteiger partial charge in [-0.1, -0.05) is 0 Å². The Kier molecular flexibility index (Phi) is 4.33. The highest BCUT2D eigenvalue weighted by Gasteiger charge is 2.31. The van der Waals surface area contributed by atoms with Gasteiger partial charge < -0.3 is 5.11 Å². The Bertz CT molecular complexity index is 243. The maximum atomic E-state index is 11.0. The van der Waals surface area contributed by atoms with Gasteiger partial charge in [0, 0.05) is 38.8 Å². The van der Waals surface area contributed by atoms with Crippen LogP contribution in [0.3, 0.4) is 0 Å². The summed E-state index contributed by atoms with van der Waals surface area (Å²) in [5.41, 5.74) is -0.639. The second-order valence-corrected chi connectivity index (χ2v) is 5.59. The molecule has 94 valence electrons. The number of piperazine rings is 1. The molecule has 1 saturated heterocycles. The number of hydrogen-bond acceptors (Lipinski definition) is 3. The third-order valence-corrected chi connectivity index (χ3v) is 3.34. The maximum Gasteiger partial charge on any atom is 0.310 e. The number of carbonyl (C=O) groups is 1. The standard InChI is InChI=1S/C12H24N2O2/c1-10(2)14-7-5-13(6-8-14)9-12(3,4)11(15)16/h10H,5-9H2,1-4H3,(H,15,16). The van der Waals surface area contributed by atoms with Crippen molar-refractivity contribution in [3.05, 3.63) is 0 Å². The largest absolute Gasteiger partial charge is 0.481 e. The highest BCUT2D eigenvalue weighted by molar-refractivity contribution is 5.73. The molecule has 1 rings (SSSR count). The van der Waals surface area contributed by atoms with Crippen LogP contribution in [0, 0.1) is 5.41 Å². The zero-order chi connectivity index (χ0) is 12.3. The van der Waals surface area contributed by atoms with Gasteiger partial charge in [0.15, 0.2) is 0 Å². The monoisotopic (exact) mass is 228 g/mol. The minimum Gasteiger partial charge on any atom is -0.481 e. The number of carboxylic acids is 1. The van der Waals surface area contributed by atoms with E-state index in [0.717, 1.165) is 26.2 Å². The molecule has 0 bridgehead atoms. The number of rotatable bonds is 4. The molecule has 4 nitrogen and oxygen atoms in total. The molecule has 0 atom stereocenters. The SMILES string of the molecule is CC(C)N1CCN(CC(C)(C)C(=O)O)CC1. The molecule has 0 amide bonds. The summed E-state index contributed by atoms with van der Waals surface area (Å²) >= 11 is 0. The average Bonchev–Trinajstić information content (AvgIpc) is 2.17. The van der Waals surface area contributed by atoms with E-state index in [4.69, 9.17) is 5.11 Å².